The Kier molecular flexibility index (Phi) is 4.46. The number of benzene rings is 1. The van der Waals surface area contributed by atoms with Gasteiger partial charge in [-0.25, -0.2) is 13.9 Å². The normalized spacial score (nSPS) is 20.3. The SMILES string of the molecule is Cc1ccc(Nc2cc(NC3CCC(N)CC3)nn3ccnc23)cc1F. The van der Waals surface area contributed by atoms with Gasteiger partial charge in [0, 0.05) is 36.2 Å². The van der Waals surface area contributed by atoms with Gasteiger partial charge in [-0.1, -0.05) is 6.07 Å². The van der Waals surface area contributed by atoms with Gasteiger partial charge in [-0.05, 0) is 50.3 Å². The summed E-state index contributed by atoms with van der Waals surface area (Å²) in [6, 6.07) is 7.71. The van der Waals surface area contributed by atoms with Crippen molar-refractivity contribution in [2.24, 2.45) is 5.73 Å². The van der Waals surface area contributed by atoms with E-state index in [1.807, 2.05) is 12.1 Å². The number of nitrogens with zero attached hydrogens (tertiary/aromatic N) is 3. The summed E-state index contributed by atoms with van der Waals surface area (Å²) in [6.07, 6.45) is 7.63. The van der Waals surface area contributed by atoms with Crippen LogP contribution < -0.4 is 16.4 Å². The molecule has 1 aliphatic rings. The van der Waals surface area contributed by atoms with Gasteiger partial charge < -0.3 is 16.4 Å². The Morgan fingerprint density at radius 3 is 2.77 bits per heavy atom. The van der Waals surface area contributed by atoms with Crippen molar-refractivity contribution in [3.8, 4) is 0 Å². The second kappa shape index (κ2) is 6.92. The van der Waals surface area contributed by atoms with E-state index in [4.69, 9.17) is 5.73 Å². The largest absolute Gasteiger partial charge is 0.366 e. The lowest BCUT2D eigenvalue weighted by atomic mass is 9.92. The maximum atomic E-state index is 13.9. The van der Waals surface area contributed by atoms with E-state index in [2.05, 4.69) is 20.7 Å². The van der Waals surface area contributed by atoms with E-state index in [0.717, 1.165) is 37.2 Å². The van der Waals surface area contributed by atoms with Gasteiger partial charge in [0.05, 0.1) is 5.69 Å². The first kappa shape index (κ1) is 16.8. The average molecular weight is 354 g/mol. The maximum Gasteiger partial charge on any atom is 0.177 e. The fraction of sp³-hybridized carbons (Fsp3) is 0.368. The number of halogens is 1. The Bertz CT molecular complexity index is 914. The molecule has 2 heterocycles. The lowest BCUT2D eigenvalue weighted by Gasteiger charge is -2.27. The van der Waals surface area contributed by atoms with Gasteiger partial charge in [0.25, 0.3) is 0 Å². The molecule has 1 aromatic carbocycles. The fourth-order valence-corrected chi connectivity index (χ4v) is 3.38. The highest BCUT2D eigenvalue weighted by molar-refractivity contribution is 5.75. The molecule has 26 heavy (non-hydrogen) atoms. The number of aromatic nitrogens is 3. The van der Waals surface area contributed by atoms with E-state index in [-0.39, 0.29) is 5.82 Å². The topological polar surface area (TPSA) is 80.3 Å². The molecule has 0 radical (unpaired) electrons. The molecule has 136 valence electrons. The molecule has 3 aromatic rings. The van der Waals surface area contributed by atoms with Gasteiger partial charge in [-0.15, -0.1) is 5.10 Å². The molecule has 4 rings (SSSR count). The highest BCUT2D eigenvalue weighted by atomic mass is 19.1. The minimum atomic E-state index is -0.236. The summed E-state index contributed by atoms with van der Waals surface area (Å²) in [5.74, 6) is 0.534. The van der Waals surface area contributed by atoms with Crippen LogP contribution in [-0.2, 0) is 0 Å². The number of fused-ring (bicyclic) bond motifs is 1. The van der Waals surface area contributed by atoms with Crippen LogP contribution in [0.5, 0.6) is 0 Å². The van der Waals surface area contributed by atoms with Crippen LogP contribution in [0.15, 0.2) is 36.7 Å². The van der Waals surface area contributed by atoms with Crippen LogP contribution in [-0.4, -0.2) is 26.7 Å². The number of hydrogen-bond donors (Lipinski definition) is 3. The Hall–Kier alpha value is -2.67. The molecule has 0 amide bonds. The van der Waals surface area contributed by atoms with Crippen LogP contribution in [0.25, 0.3) is 5.65 Å². The first-order valence-electron chi connectivity index (χ1n) is 8.98. The molecular formula is C19H23FN6. The Labute approximate surface area is 151 Å². The summed E-state index contributed by atoms with van der Waals surface area (Å²) in [7, 11) is 0. The first-order chi connectivity index (χ1) is 12.6. The summed E-state index contributed by atoms with van der Waals surface area (Å²) >= 11 is 0. The van der Waals surface area contributed by atoms with E-state index in [1.54, 1.807) is 29.9 Å². The zero-order chi connectivity index (χ0) is 18.1. The van der Waals surface area contributed by atoms with E-state index in [9.17, 15) is 4.39 Å². The number of anilines is 3. The van der Waals surface area contributed by atoms with Crippen molar-refractivity contribution in [1.29, 1.82) is 0 Å². The van der Waals surface area contributed by atoms with Crippen LogP contribution in [0.4, 0.5) is 21.6 Å². The van der Waals surface area contributed by atoms with Crippen molar-refractivity contribution < 1.29 is 4.39 Å². The molecule has 0 spiro atoms. The molecule has 0 unspecified atom stereocenters. The van der Waals surface area contributed by atoms with E-state index >= 15 is 0 Å². The summed E-state index contributed by atoms with van der Waals surface area (Å²) in [5, 5.41) is 11.3. The van der Waals surface area contributed by atoms with Gasteiger partial charge in [-0.3, -0.25) is 0 Å². The minimum absolute atomic E-state index is 0.236. The third-order valence-electron chi connectivity index (χ3n) is 4.93. The molecule has 7 heteroatoms. The second-order valence-electron chi connectivity index (χ2n) is 6.98. The van der Waals surface area contributed by atoms with E-state index in [0.29, 0.717) is 29.0 Å². The molecule has 1 fully saturated rings. The fourth-order valence-electron chi connectivity index (χ4n) is 3.38. The lowest BCUT2D eigenvalue weighted by molar-refractivity contribution is 0.410. The molecule has 0 atom stereocenters. The number of hydrogen-bond acceptors (Lipinski definition) is 5. The number of nitrogens with two attached hydrogens (primary N) is 1. The van der Waals surface area contributed by atoms with E-state index < -0.39 is 0 Å². The zero-order valence-corrected chi connectivity index (χ0v) is 14.7. The predicted octanol–water partition coefficient (Wildman–Crippen LogP) is 3.60. The molecule has 0 bridgehead atoms. The minimum Gasteiger partial charge on any atom is -0.366 e. The van der Waals surface area contributed by atoms with Gasteiger partial charge >= 0.3 is 0 Å². The highest BCUT2D eigenvalue weighted by Crippen LogP contribution is 2.26. The number of rotatable bonds is 4. The van der Waals surface area contributed by atoms with Crippen molar-refractivity contribution in [2.75, 3.05) is 10.6 Å². The maximum absolute atomic E-state index is 13.9. The van der Waals surface area contributed by atoms with Gasteiger partial charge in [0.2, 0.25) is 0 Å². The van der Waals surface area contributed by atoms with Crippen LogP contribution >= 0.6 is 0 Å². The number of aryl methyl sites for hydroxylation is 1. The number of nitrogens with one attached hydrogen (secondary N) is 2. The monoisotopic (exact) mass is 354 g/mol. The quantitative estimate of drug-likeness (QED) is 0.667. The standard InChI is InChI=1S/C19H23FN6/c1-12-2-5-15(10-16(12)20)23-17-11-18(25-26-9-8-22-19(17)26)24-14-6-3-13(21)4-7-14/h2,5,8-11,13-14,23H,3-4,6-7,21H2,1H3,(H,24,25). The van der Waals surface area contributed by atoms with Crippen LogP contribution in [0.3, 0.4) is 0 Å². The predicted molar refractivity (Wildman–Crippen MR) is 101 cm³/mol. The van der Waals surface area contributed by atoms with Crippen LogP contribution in [0.2, 0.25) is 0 Å². The third kappa shape index (κ3) is 3.48. The highest BCUT2D eigenvalue weighted by Gasteiger charge is 2.19. The molecule has 1 saturated carbocycles. The Morgan fingerprint density at radius 2 is 2.00 bits per heavy atom. The first-order valence-corrected chi connectivity index (χ1v) is 8.98. The molecule has 1 aliphatic carbocycles. The van der Waals surface area contributed by atoms with Crippen molar-refractivity contribution >= 4 is 22.8 Å². The molecule has 0 saturated heterocycles. The van der Waals surface area contributed by atoms with E-state index in [1.165, 1.54) is 6.07 Å². The van der Waals surface area contributed by atoms with Crippen LogP contribution in [0, 0.1) is 12.7 Å². The lowest BCUT2D eigenvalue weighted by Crippen LogP contribution is -2.33. The second-order valence-corrected chi connectivity index (χ2v) is 6.98. The average Bonchev–Trinajstić information content (AvgIpc) is 3.09. The Morgan fingerprint density at radius 1 is 1.19 bits per heavy atom. The smallest absolute Gasteiger partial charge is 0.177 e. The Balaban J connectivity index is 1.61. The van der Waals surface area contributed by atoms with Crippen molar-refractivity contribution in [3.05, 3.63) is 48.0 Å². The molecule has 4 N–H and O–H groups in total. The molecule has 6 nitrogen and oxygen atoms in total. The van der Waals surface area contributed by atoms with Gasteiger partial charge in [-0.2, -0.15) is 0 Å². The summed E-state index contributed by atoms with van der Waals surface area (Å²) in [5.41, 5.74) is 8.76. The molecule has 0 aliphatic heterocycles. The molecular weight excluding hydrogens is 331 g/mol. The third-order valence-corrected chi connectivity index (χ3v) is 4.93. The molecule has 2 aromatic heterocycles. The van der Waals surface area contributed by atoms with Crippen LogP contribution in [0.1, 0.15) is 31.2 Å². The van der Waals surface area contributed by atoms with Crippen molar-refractivity contribution in [2.45, 2.75) is 44.7 Å². The van der Waals surface area contributed by atoms with Crippen molar-refractivity contribution in [3.63, 3.8) is 0 Å². The zero-order valence-electron chi connectivity index (χ0n) is 14.7. The summed E-state index contributed by atoms with van der Waals surface area (Å²) < 4.78 is 15.6. The summed E-state index contributed by atoms with van der Waals surface area (Å²) in [6.45, 7) is 1.75. The van der Waals surface area contributed by atoms with Crippen molar-refractivity contribution in [1.82, 2.24) is 14.6 Å². The van der Waals surface area contributed by atoms with Gasteiger partial charge in [0.15, 0.2) is 5.65 Å². The van der Waals surface area contributed by atoms with Gasteiger partial charge in [0.1, 0.15) is 11.6 Å². The number of imidazole rings is 1. The summed E-state index contributed by atoms with van der Waals surface area (Å²) in [4.78, 5) is 4.35.